The molecular formula is C12H15NO4. The van der Waals surface area contributed by atoms with Crippen LogP contribution >= 0.6 is 0 Å². The summed E-state index contributed by atoms with van der Waals surface area (Å²) >= 11 is 0. The number of nitrogens with two attached hydrogens (primary N) is 1. The first-order valence-corrected chi connectivity index (χ1v) is 5.15. The molecule has 0 saturated carbocycles. The smallest absolute Gasteiger partial charge is 0.308 e. The van der Waals surface area contributed by atoms with Gasteiger partial charge >= 0.3 is 11.9 Å². The molecule has 0 bridgehead atoms. The van der Waals surface area contributed by atoms with E-state index >= 15 is 0 Å². The van der Waals surface area contributed by atoms with Gasteiger partial charge in [-0.3, -0.25) is 9.59 Å². The summed E-state index contributed by atoms with van der Waals surface area (Å²) in [5.74, 6) is -0.500. The molecule has 0 radical (unpaired) electrons. The highest BCUT2D eigenvalue weighted by Gasteiger charge is 2.16. The Hall–Kier alpha value is -2.04. The summed E-state index contributed by atoms with van der Waals surface area (Å²) in [6.45, 7) is 4.30. The Morgan fingerprint density at radius 1 is 1.24 bits per heavy atom. The number of ether oxygens (including phenoxy) is 2. The second kappa shape index (κ2) is 5.34. The number of hydrogen-bond acceptors (Lipinski definition) is 5. The summed E-state index contributed by atoms with van der Waals surface area (Å²) in [5, 5.41) is 0. The lowest BCUT2D eigenvalue weighted by Gasteiger charge is -2.16. The van der Waals surface area contributed by atoms with Crippen molar-refractivity contribution in [3.63, 3.8) is 0 Å². The van der Waals surface area contributed by atoms with Crippen molar-refractivity contribution in [1.29, 1.82) is 0 Å². The van der Waals surface area contributed by atoms with Crippen molar-refractivity contribution in [3.8, 4) is 5.75 Å². The highest BCUT2D eigenvalue weighted by atomic mass is 16.6. The van der Waals surface area contributed by atoms with Gasteiger partial charge in [0.25, 0.3) is 0 Å². The van der Waals surface area contributed by atoms with Crippen molar-refractivity contribution in [2.45, 2.75) is 26.9 Å². The van der Waals surface area contributed by atoms with Gasteiger partial charge in [-0.1, -0.05) is 0 Å². The predicted octanol–water partition coefficient (Wildman–Crippen LogP) is 1.82. The molecule has 0 fully saturated rings. The van der Waals surface area contributed by atoms with Crippen LogP contribution < -0.4 is 10.5 Å². The molecule has 5 heteroatoms. The van der Waals surface area contributed by atoms with Gasteiger partial charge in [0.2, 0.25) is 0 Å². The SMILES string of the molecule is CC(=O)Oc1ccc(N)cc1C(C)OC(C)=O. The second-order valence-corrected chi connectivity index (χ2v) is 3.64. The van der Waals surface area contributed by atoms with Crippen LogP contribution in [0.15, 0.2) is 18.2 Å². The molecule has 0 amide bonds. The molecule has 1 aromatic rings. The molecule has 0 heterocycles. The minimum absolute atomic E-state index is 0.348. The van der Waals surface area contributed by atoms with E-state index in [1.54, 1.807) is 25.1 Å². The zero-order valence-electron chi connectivity index (χ0n) is 10.0. The van der Waals surface area contributed by atoms with E-state index in [1.165, 1.54) is 13.8 Å². The van der Waals surface area contributed by atoms with Crippen molar-refractivity contribution < 1.29 is 19.1 Å². The van der Waals surface area contributed by atoms with E-state index in [0.717, 1.165) is 0 Å². The van der Waals surface area contributed by atoms with Gasteiger partial charge in [-0.15, -0.1) is 0 Å². The zero-order chi connectivity index (χ0) is 13.0. The van der Waals surface area contributed by atoms with E-state index in [2.05, 4.69) is 0 Å². The molecule has 1 atom stereocenters. The molecule has 5 nitrogen and oxygen atoms in total. The lowest BCUT2D eigenvalue weighted by molar-refractivity contribution is -0.145. The Kier molecular flexibility index (Phi) is 4.09. The molecule has 0 spiro atoms. The molecule has 1 rings (SSSR count). The van der Waals surface area contributed by atoms with E-state index in [-0.39, 0.29) is 0 Å². The Morgan fingerprint density at radius 3 is 2.41 bits per heavy atom. The third-order valence-electron chi connectivity index (χ3n) is 2.07. The first kappa shape index (κ1) is 13.0. The van der Waals surface area contributed by atoms with Gasteiger partial charge in [0.1, 0.15) is 11.9 Å². The van der Waals surface area contributed by atoms with Crippen LogP contribution in [-0.4, -0.2) is 11.9 Å². The van der Waals surface area contributed by atoms with Crippen LogP contribution in [0.25, 0.3) is 0 Å². The fourth-order valence-electron chi connectivity index (χ4n) is 1.44. The average Bonchev–Trinajstić information content (AvgIpc) is 2.19. The average molecular weight is 237 g/mol. The van der Waals surface area contributed by atoms with Crippen molar-refractivity contribution in [1.82, 2.24) is 0 Å². The minimum atomic E-state index is -0.523. The first-order valence-electron chi connectivity index (χ1n) is 5.15. The molecule has 0 saturated heterocycles. The summed E-state index contributed by atoms with van der Waals surface area (Å²) in [6, 6.07) is 4.81. The molecule has 0 aromatic heterocycles. The van der Waals surface area contributed by atoms with E-state index in [0.29, 0.717) is 17.0 Å². The molecule has 0 aliphatic heterocycles. The van der Waals surface area contributed by atoms with Crippen LogP contribution in [0.4, 0.5) is 5.69 Å². The second-order valence-electron chi connectivity index (χ2n) is 3.64. The van der Waals surface area contributed by atoms with E-state index < -0.39 is 18.0 Å². The number of esters is 2. The molecule has 1 aromatic carbocycles. The van der Waals surface area contributed by atoms with Gasteiger partial charge in [-0.05, 0) is 25.1 Å². The van der Waals surface area contributed by atoms with Crippen LogP contribution in [0, 0.1) is 0 Å². The predicted molar refractivity (Wildman–Crippen MR) is 62.3 cm³/mol. The van der Waals surface area contributed by atoms with Crippen molar-refractivity contribution >= 4 is 17.6 Å². The monoisotopic (exact) mass is 237 g/mol. The van der Waals surface area contributed by atoms with Crippen molar-refractivity contribution in [3.05, 3.63) is 23.8 Å². The van der Waals surface area contributed by atoms with Crippen LogP contribution in [-0.2, 0) is 14.3 Å². The van der Waals surface area contributed by atoms with Gasteiger partial charge in [0, 0.05) is 25.1 Å². The van der Waals surface area contributed by atoms with Crippen LogP contribution in [0.5, 0.6) is 5.75 Å². The van der Waals surface area contributed by atoms with Gasteiger partial charge in [-0.25, -0.2) is 0 Å². The standard InChI is InChI=1S/C12H15NO4/c1-7(16-8(2)14)11-6-10(13)4-5-12(11)17-9(3)15/h4-7H,13H2,1-3H3. The molecule has 0 aliphatic rings. The van der Waals surface area contributed by atoms with Gasteiger partial charge < -0.3 is 15.2 Å². The van der Waals surface area contributed by atoms with Gasteiger partial charge in [-0.2, -0.15) is 0 Å². The summed E-state index contributed by atoms with van der Waals surface area (Å²) in [5.41, 5.74) is 6.72. The maximum Gasteiger partial charge on any atom is 0.308 e. The van der Waals surface area contributed by atoms with E-state index in [4.69, 9.17) is 15.2 Å². The molecule has 0 aliphatic carbocycles. The van der Waals surface area contributed by atoms with E-state index in [1.807, 2.05) is 0 Å². The highest BCUT2D eigenvalue weighted by Crippen LogP contribution is 2.29. The largest absolute Gasteiger partial charge is 0.458 e. The lowest BCUT2D eigenvalue weighted by Crippen LogP contribution is -2.10. The third-order valence-corrected chi connectivity index (χ3v) is 2.07. The molecule has 1 unspecified atom stereocenters. The van der Waals surface area contributed by atoms with Crippen LogP contribution in [0.1, 0.15) is 32.4 Å². The van der Waals surface area contributed by atoms with Crippen LogP contribution in [0.3, 0.4) is 0 Å². The molecule has 2 N–H and O–H groups in total. The molecule has 17 heavy (non-hydrogen) atoms. The normalized spacial score (nSPS) is 11.7. The Labute approximate surface area is 99.5 Å². The molecular weight excluding hydrogens is 222 g/mol. The van der Waals surface area contributed by atoms with Crippen molar-refractivity contribution in [2.75, 3.05) is 5.73 Å². The number of rotatable bonds is 3. The summed E-state index contributed by atoms with van der Waals surface area (Å²) in [7, 11) is 0. The number of nitrogen functional groups attached to an aromatic ring is 1. The summed E-state index contributed by atoms with van der Waals surface area (Å²) in [6.07, 6.45) is -0.523. The van der Waals surface area contributed by atoms with Crippen molar-refractivity contribution in [2.24, 2.45) is 0 Å². The highest BCUT2D eigenvalue weighted by molar-refractivity contribution is 5.70. The number of carbonyl (C=O) groups is 2. The lowest BCUT2D eigenvalue weighted by atomic mass is 10.1. The maximum absolute atomic E-state index is 10.9. The Bertz CT molecular complexity index is 442. The zero-order valence-corrected chi connectivity index (χ0v) is 10.0. The molecule has 92 valence electrons. The fourth-order valence-corrected chi connectivity index (χ4v) is 1.44. The Morgan fingerprint density at radius 2 is 1.88 bits per heavy atom. The van der Waals surface area contributed by atoms with Gasteiger partial charge in [0.05, 0.1) is 0 Å². The fraction of sp³-hybridized carbons (Fsp3) is 0.333. The summed E-state index contributed by atoms with van der Waals surface area (Å²) in [4.78, 5) is 21.8. The topological polar surface area (TPSA) is 78.6 Å². The number of benzene rings is 1. The maximum atomic E-state index is 10.9. The van der Waals surface area contributed by atoms with Gasteiger partial charge in [0.15, 0.2) is 0 Å². The minimum Gasteiger partial charge on any atom is -0.458 e. The number of carbonyl (C=O) groups excluding carboxylic acids is 2. The number of hydrogen-bond donors (Lipinski definition) is 1. The van der Waals surface area contributed by atoms with Crippen LogP contribution in [0.2, 0.25) is 0 Å². The third kappa shape index (κ3) is 3.79. The summed E-state index contributed by atoms with van der Waals surface area (Å²) < 4.78 is 10.0. The first-order chi connectivity index (χ1) is 7.90. The quantitative estimate of drug-likeness (QED) is 0.493. The number of anilines is 1. The Balaban J connectivity index is 3.05. The van der Waals surface area contributed by atoms with E-state index in [9.17, 15) is 9.59 Å².